The van der Waals surface area contributed by atoms with Gasteiger partial charge in [-0.3, -0.25) is 4.98 Å². The third-order valence-electron chi connectivity index (χ3n) is 3.55. The second kappa shape index (κ2) is 5.07. The highest BCUT2D eigenvalue weighted by Crippen LogP contribution is 2.24. The van der Waals surface area contributed by atoms with E-state index in [2.05, 4.69) is 61.4 Å². The Kier molecular flexibility index (Phi) is 3.67. The number of hydrogen-bond donors (Lipinski definition) is 1. The normalized spacial score (nSPS) is 13.8. The molecular formula is C16H22N2. The lowest BCUT2D eigenvalue weighted by Gasteiger charge is -2.30. The largest absolute Gasteiger partial charge is 0.316 e. The van der Waals surface area contributed by atoms with Crippen molar-refractivity contribution >= 4 is 10.8 Å². The van der Waals surface area contributed by atoms with Crippen LogP contribution in [0.2, 0.25) is 0 Å². The molecule has 1 aromatic carbocycles. The van der Waals surface area contributed by atoms with Crippen LogP contribution >= 0.6 is 0 Å². The average Bonchev–Trinajstić information content (AvgIpc) is 2.34. The molecule has 2 rings (SSSR count). The zero-order valence-corrected chi connectivity index (χ0v) is 11.7. The number of pyridine rings is 1. The average molecular weight is 242 g/mol. The molecule has 1 unspecified atom stereocenters. The van der Waals surface area contributed by atoms with Gasteiger partial charge in [0.2, 0.25) is 0 Å². The summed E-state index contributed by atoms with van der Waals surface area (Å²) < 4.78 is 0. The molecule has 2 nitrogen and oxygen atoms in total. The zero-order valence-electron chi connectivity index (χ0n) is 11.7. The third kappa shape index (κ3) is 2.70. The van der Waals surface area contributed by atoms with Gasteiger partial charge in [-0.25, -0.2) is 0 Å². The number of fused-ring (bicyclic) bond motifs is 1. The fourth-order valence-electron chi connectivity index (χ4n) is 2.38. The van der Waals surface area contributed by atoms with Crippen LogP contribution < -0.4 is 5.32 Å². The first-order valence-corrected chi connectivity index (χ1v) is 6.52. The van der Waals surface area contributed by atoms with E-state index >= 15 is 0 Å². The Morgan fingerprint density at radius 2 is 1.89 bits per heavy atom. The molecule has 1 atom stereocenters. The fourth-order valence-corrected chi connectivity index (χ4v) is 2.38. The maximum atomic E-state index is 4.57. The molecule has 0 bridgehead atoms. The molecule has 0 amide bonds. The van der Waals surface area contributed by atoms with Crippen LogP contribution in [0.25, 0.3) is 10.8 Å². The number of nitrogens with one attached hydrogen (secondary N) is 1. The molecule has 96 valence electrons. The number of nitrogens with zero attached hydrogens (tertiary/aromatic N) is 1. The van der Waals surface area contributed by atoms with Gasteiger partial charge >= 0.3 is 0 Å². The van der Waals surface area contributed by atoms with Gasteiger partial charge in [-0.05, 0) is 23.9 Å². The first kappa shape index (κ1) is 13.0. The molecule has 1 heterocycles. The van der Waals surface area contributed by atoms with Gasteiger partial charge in [0.1, 0.15) is 0 Å². The number of rotatable bonds is 3. The van der Waals surface area contributed by atoms with Gasteiger partial charge in [0.15, 0.2) is 0 Å². The summed E-state index contributed by atoms with van der Waals surface area (Å²) in [6.45, 7) is 6.79. The van der Waals surface area contributed by atoms with Crippen LogP contribution in [-0.4, -0.2) is 18.1 Å². The molecule has 1 N–H and O–H groups in total. The van der Waals surface area contributed by atoms with Crippen LogP contribution in [0.3, 0.4) is 0 Å². The number of aromatic nitrogens is 1. The maximum absolute atomic E-state index is 4.57. The van der Waals surface area contributed by atoms with E-state index in [1.165, 1.54) is 16.5 Å². The second-order valence-electron chi connectivity index (χ2n) is 5.89. The first-order chi connectivity index (χ1) is 8.52. The van der Waals surface area contributed by atoms with E-state index in [1.807, 2.05) is 13.2 Å². The van der Waals surface area contributed by atoms with Crippen molar-refractivity contribution in [3.63, 3.8) is 0 Å². The van der Waals surface area contributed by atoms with Crippen LogP contribution in [0.5, 0.6) is 0 Å². The second-order valence-corrected chi connectivity index (χ2v) is 5.89. The minimum absolute atomic E-state index is 0.230. The van der Waals surface area contributed by atoms with E-state index in [9.17, 15) is 0 Å². The molecule has 0 saturated carbocycles. The summed E-state index contributed by atoms with van der Waals surface area (Å²) in [5.74, 6) is 0. The lowest BCUT2D eigenvalue weighted by molar-refractivity contribution is 0.279. The van der Waals surface area contributed by atoms with Gasteiger partial charge in [0.25, 0.3) is 0 Å². The highest BCUT2D eigenvalue weighted by atomic mass is 14.9. The Morgan fingerprint density at radius 3 is 2.56 bits per heavy atom. The third-order valence-corrected chi connectivity index (χ3v) is 3.55. The maximum Gasteiger partial charge on any atom is 0.0497 e. The van der Waals surface area contributed by atoms with E-state index in [4.69, 9.17) is 0 Å². The Labute approximate surface area is 109 Å². The first-order valence-electron chi connectivity index (χ1n) is 6.52. The summed E-state index contributed by atoms with van der Waals surface area (Å²) in [5, 5.41) is 5.95. The highest BCUT2D eigenvalue weighted by Gasteiger charge is 2.24. The van der Waals surface area contributed by atoms with Crippen molar-refractivity contribution in [3.05, 3.63) is 42.2 Å². The van der Waals surface area contributed by atoms with Crippen molar-refractivity contribution in [2.45, 2.75) is 33.2 Å². The zero-order chi connectivity index (χ0) is 13.2. The topological polar surface area (TPSA) is 24.9 Å². The summed E-state index contributed by atoms with van der Waals surface area (Å²) in [4.78, 5) is 4.57. The SMILES string of the molecule is CNC(Cc1nccc2ccccc12)C(C)(C)C. The predicted octanol–water partition coefficient (Wildman–Crippen LogP) is 3.41. The summed E-state index contributed by atoms with van der Waals surface area (Å²) >= 11 is 0. The van der Waals surface area contributed by atoms with E-state index in [1.54, 1.807) is 0 Å². The Balaban J connectivity index is 2.37. The van der Waals surface area contributed by atoms with Crippen LogP contribution in [0.1, 0.15) is 26.5 Å². The molecule has 0 radical (unpaired) electrons. The van der Waals surface area contributed by atoms with Crippen molar-refractivity contribution in [1.82, 2.24) is 10.3 Å². The van der Waals surface area contributed by atoms with Crippen molar-refractivity contribution in [1.29, 1.82) is 0 Å². The number of benzene rings is 1. The molecule has 1 aromatic heterocycles. The van der Waals surface area contributed by atoms with Crippen molar-refractivity contribution in [2.75, 3.05) is 7.05 Å². The lowest BCUT2D eigenvalue weighted by Crippen LogP contribution is -2.40. The van der Waals surface area contributed by atoms with E-state index in [0.717, 1.165) is 6.42 Å². The van der Waals surface area contributed by atoms with Gasteiger partial charge in [0, 0.05) is 29.7 Å². The van der Waals surface area contributed by atoms with Crippen LogP contribution in [-0.2, 0) is 6.42 Å². The molecule has 0 aliphatic rings. The molecule has 0 aliphatic heterocycles. The summed E-state index contributed by atoms with van der Waals surface area (Å²) in [5.41, 5.74) is 1.41. The molecule has 0 saturated heterocycles. The van der Waals surface area contributed by atoms with Crippen molar-refractivity contribution in [2.24, 2.45) is 5.41 Å². The Bertz CT molecular complexity index is 521. The van der Waals surface area contributed by atoms with Gasteiger partial charge in [-0.1, -0.05) is 45.0 Å². The van der Waals surface area contributed by atoms with Gasteiger partial charge in [0.05, 0.1) is 0 Å². The summed E-state index contributed by atoms with van der Waals surface area (Å²) in [6.07, 6.45) is 2.87. The minimum Gasteiger partial charge on any atom is -0.316 e. The molecule has 0 spiro atoms. The van der Waals surface area contributed by atoms with E-state index < -0.39 is 0 Å². The quantitative estimate of drug-likeness (QED) is 0.892. The highest BCUT2D eigenvalue weighted by molar-refractivity contribution is 5.84. The van der Waals surface area contributed by atoms with Gasteiger partial charge < -0.3 is 5.32 Å². The van der Waals surface area contributed by atoms with Gasteiger partial charge in [-0.15, -0.1) is 0 Å². The fraction of sp³-hybridized carbons (Fsp3) is 0.438. The number of likely N-dealkylation sites (N-methyl/N-ethyl adjacent to an activating group) is 1. The van der Waals surface area contributed by atoms with Crippen LogP contribution in [0, 0.1) is 5.41 Å². The molecular weight excluding hydrogens is 220 g/mol. The van der Waals surface area contributed by atoms with E-state index in [0.29, 0.717) is 6.04 Å². The molecule has 18 heavy (non-hydrogen) atoms. The predicted molar refractivity (Wildman–Crippen MR) is 77.7 cm³/mol. The molecule has 0 fully saturated rings. The monoisotopic (exact) mass is 242 g/mol. The summed E-state index contributed by atoms with van der Waals surface area (Å²) in [7, 11) is 2.03. The smallest absolute Gasteiger partial charge is 0.0497 e. The van der Waals surface area contributed by atoms with Crippen LogP contribution in [0.15, 0.2) is 36.5 Å². The van der Waals surface area contributed by atoms with Crippen LogP contribution in [0.4, 0.5) is 0 Å². The molecule has 0 aliphatic carbocycles. The Morgan fingerprint density at radius 1 is 1.17 bits per heavy atom. The molecule has 2 aromatic rings. The minimum atomic E-state index is 0.230. The summed E-state index contributed by atoms with van der Waals surface area (Å²) in [6, 6.07) is 11.0. The lowest BCUT2D eigenvalue weighted by atomic mass is 9.83. The van der Waals surface area contributed by atoms with Crippen molar-refractivity contribution < 1.29 is 0 Å². The van der Waals surface area contributed by atoms with Crippen molar-refractivity contribution in [3.8, 4) is 0 Å². The standard InChI is InChI=1S/C16H22N2/c1-16(2,3)15(17-4)11-14-13-8-6-5-7-12(13)9-10-18-14/h5-10,15,17H,11H2,1-4H3. The van der Waals surface area contributed by atoms with Gasteiger partial charge in [-0.2, -0.15) is 0 Å². The number of hydrogen-bond acceptors (Lipinski definition) is 2. The Hall–Kier alpha value is -1.41. The molecule has 2 heteroatoms. The van der Waals surface area contributed by atoms with E-state index in [-0.39, 0.29) is 5.41 Å².